The number of ether oxygens (including phenoxy) is 2. The summed E-state index contributed by atoms with van der Waals surface area (Å²) < 4.78 is 12.7. The summed E-state index contributed by atoms with van der Waals surface area (Å²) in [6, 6.07) is 12.5. The van der Waals surface area contributed by atoms with Crippen molar-refractivity contribution in [2.24, 2.45) is 5.10 Å². The molecular weight excluding hydrogens is 450 g/mol. The third-order valence-electron chi connectivity index (χ3n) is 4.30. The summed E-state index contributed by atoms with van der Waals surface area (Å²) in [6.45, 7) is 5.59. The summed E-state index contributed by atoms with van der Waals surface area (Å²) in [5.41, 5.74) is 1.11. The van der Waals surface area contributed by atoms with Crippen LogP contribution in [0.1, 0.15) is 32.2 Å². The fraction of sp³-hybridized carbons (Fsp3) is 0.273. The zero-order valence-electron chi connectivity index (χ0n) is 17.0. The Labute approximate surface area is 182 Å². The summed E-state index contributed by atoms with van der Waals surface area (Å²) in [5, 5.41) is 4.85. The highest BCUT2D eigenvalue weighted by molar-refractivity contribution is 9.10. The lowest BCUT2D eigenvalue weighted by atomic mass is 10.2. The maximum atomic E-state index is 12.9. The van der Waals surface area contributed by atoms with Crippen molar-refractivity contribution < 1.29 is 14.3 Å². The molecule has 0 aliphatic rings. The number of nitrogens with zero attached hydrogens (tertiary/aromatic N) is 3. The van der Waals surface area contributed by atoms with Crippen LogP contribution in [0.3, 0.4) is 0 Å². The number of esters is 1. The van der Waals surface area contributed by atoms with Crippen molar-refractivity contribution in [1.29, 1.82) is 0 Å². The quantitative estimate of drug-likeness (QED) is 0.385. The first-order valence-electron chi connectivity index (χ1n) is 9.61. The van der Waals surface area contributed by atoms with Gasteiger partial charge in [0.2, 0.25) is 0 Å². The molecule has 1 heterocycles. The van der Waals surface area contributed by atoms with Gasteiger partial charge in [-0.25, -0.2) is 9.78 Å². The number of aryl methyl sites for hydroxylation is 1. The Morgan fingerprint density at radius 3 is 2.80 bits per heavy atom. The minimum Gasteiger partial charge on any atom is -0.479 e. The van der Waals surface area contributed by atoms with Crippen LogP contribution in [-0.2, 0) is 16.0 Å². The molecule has 0 N–H and O–H groups in total. The Balaban J connectivity index is 1.90. The molecule has 0 radical (unpaired) electrons. The molecule has 0 unspecified atom stereocenters. The number of carbonyl (C=O) groups is 1. The van der Waals surface area contributed by atoms with E-state index in [4.69, 9.17) is 9.47 Å². The largest absolute Gasteiger partial charge is 0.479 e. The van der Waals surface area contributed by atoms with Crippen molar-refractivity contribution >= 4 is 39.0 Å². The monoisotopic (exact) mass is 471 g/mol. The van der Waals surface area contributed by atoms with Crippen LogP contribution in [0.5, 0.6) is 5.75 Å². The molecule has 7 nitrogen and oxygen atoms in total. The maximum absolute atomic E-state index is 12.9. The molecule has 0 fully saturated rings. The summed E-state index contributed by atoms with van der Waals surface area (Å²) >= 11 is 3.39. The smallest absolute Gasteiger partial charge is 0.347 e. The molecule has 0 spiro atoms. The van der Waals surface area contributed by atoms with Gasteiger partial charge in [0, 0.05) is 10.9 Å². The van der Waals surface area contributed by atoms with Crippen molar-refractivity contribution in [1.82, 2.24) is 9.66 Å². The van der Waals surface area contributed by atoms with Gasteiger partial charge in [0.25, 0.3) is 5.56 Å². The predicted octanol–water partition coefficient (Wildman–Crippen LogP) is 3.93. The Kier molecular flexibility index (Phi) is 6.99. The summed E-state index contributed by atoms with van der Waals surface area (Å²) in [5.74, 6) is 0.640. The molecule has 30 heavy (non-hydrogen) atoms. The van der Waals surface area contributed by atoms with E-state index < -0.39 is 12.1 Å². The number of aromatic nitrogens is 2. The number of benzene rings is 2. The summed E-state index contributed by atoms with van der Waals surface area (Å²) in [4.78, 5) is 29.3. The molecule has 0 saturated carbocycles. The van der Waals surface area contributed by atoms with Gasteiger partial charge in [0.15, 0.2) is 6.10 Å². The number of hydrogen-bond donors (Lipinski definition) is 0. The Bertz CT molecular complexity index is 1160. The first-order chi connectivity index (χ1) is 14.4. The van der Waals surface area contributed by atoms with Crippen molar-refractivity contribution in [2.75, 3.05) is 6.61 Å². The van der Waals surface area contributed by atoms with Gasteiger partial charge < -0.3 is 9.47 Å². The standard InChI is InChI=1S/C22H22BrN3O4/c1-4-20-25-19-10-9-16(23)12-18(19)21(27)26(20)24-13-15-7-6-8-17(11-15)30-14(3)22(28)29-5-2/h6-14H,4-5H2,1-3H3/t14-/m0/s1. The average molecular weight is 472 g/mol. The molecule has 0 amide bonds. The second kappa shape index (κ2) is 9.67. The van der Waals surface area contributed by atoms with Crippen LogP contribution in [0.15, 0.2) is 56.8 Å². The van der Waals surface area contributed by atoms with Crippen LogP contribution in [0, 0.1) is 0 Å². The molecule has 0 saturated heterocycles. The second-order valence-electron chi connectivity index (χ2n) is 6.49. The first kappa shape index (κ1) is 21.7. The Morgan fingerprint density at radius 1 is 1.27 bits per heavy atom. The van der Waals surface area contributed by atoms with Gasteiger partial charge in [-0.2, -0.15) is 9.78 Å². The fourth-order valence-electron chi connectivity index (χ4n) is 2.85. The molecule has 8 heteroatoms. The molecule has 0 bridgehead atoms. The van der Waals surface area contributed by atoms with Gasteiger partial charge in [0.05, 0.1) is 23.7 Å². The van der Waals surface area contributed by atoms with Crippen LogP contribution in [0.2, 0.25) is 0 Å². The SMILES string of the molecule is CCOC(=O)[C@H](C)Oc1cccc(C=Nn2c(CC)nc3ccc(Br)cc3c2=O)c1. The highest BCUT2D eigenvalue weighted by atomic mass is 79.9. The lowest BCUT2D eigenvalue weighted by Crippen LogP contribution is -2.26. The molecule has 3 rings (SSSR count). The van der Waals surface area contributed by atoms with E-state index in [1.165, 1.54) is 4.68 Å². The number of hydrogen-bond acceptors (Lipinski definition) is 6. The molecule has 0 aliphatic heterocycles. The van der Waals surface area contributed by atoms with E-state index in [1.54, 1.807) is 50.4 Å². The predicted molar refractivity (Wildman–Crippen MR) is 119 cm³/mol. The molecule has 3 aromatic rings. The van der Waals surface area contributed by atoms with E-state index in [1.807, 2.05) is 19.1 Å². The molecule has 1 atom stereocenters. The zero-order valence-corrected chi connectivity index (χ0v) is 18.5. The number of halogens is 1. The minimum absolute atomic E-state index is 0.238. The van der Waals surface area contributed by atoms with E-state index >= 15 is 0 Å². The zero-order chi connectivity index (χ0) is 21.7. The molecule has 156 valence electrons. The van der Waals surface area contributed by atoms with Crippen molar-refractivity contribution in [2.45, 2.75) is 33.3 Å². The van der Waals surface area contributed by atoms with Gasteiger partial charge in [-0.05, 0) is 49.7 Å². The summed E-state index contributed by atoms with van der Waals surface area (Å²) in [7, 11) is 0. The van der Waals surface area contributed by atoms with Crippen molar-refractivity contribution in [3.8, 4) is 5.75 Å². The Morgan fingerprint density at radius 2 is 2.07 bits per heavy atom. The van der Waals surface area contributed by atoms with E-state index in [9.17, 15) is 9.59 Å². The fourth-order valence-corrected chi connectivity index (χ4v) is 3.21. The van der Waals surface area contributed by atoms with E-state index in [0.717, 1.165) is 4.47 Å². The lowest BCUT2D eigenvalue weighted by molar-refractivity contribution is -0.150. The number of carbonyl (C=O) groups excluding carboxylic acids is 1. The topological polar surface area (TPSA) is 82.8 Å². The highest BCUT2D eigenvalue weighted by Crippen LogP contribution is 2.17. The van der Waals surface area contributed by atoms with Crippen LogP contribution >= 0.6 is 15.9 Å². The maximum Gasteiger partial charge on any atom is 0.347 e. The minimum atomic E-state index is -0.727. The van der Waals surface area contributed by atoms with Crippen LogP contribution in [-0.4, -0.2) is 34.6 Å². The third-order valence-corrected chi connectivity index (χ3v) is 4.80. The second-order valence-corrected chi connectivity index (χ2v) is 7.40. The van der Waals surface area contributed by atoms with E-state index in [2.05, 4.69) is 26.0 Å². The van der Waals surface area contributed by atoms with Gasteiger partial charge in [-0.3, -0.25) is 4.79 Å². The van der Waals surface area contributed by atoms with Gasteiger partial charge >= 0.3 is 5.97 Å². The molecule has 2 aromatic carbocycles. The van der Waals surface area contributed by atoms with Gasteiger partial charge in [0.1, 0.15) is 11.6 Å². The van der Waals surface area contributed by atoms with Crippen LogP contribution in [0.4, 0.5) is 0 Å². The van der Waals surface area contributed by atoms with Crippen LogP contribution < -0.4 is 10.3 Å². The van der Waals surface area contributed by atoms with E-state index in [-0.39, 0.29) is 5.56 Å². The molecule has 1 aromatic heterocycles. The van der Waals surface area contributed by atoms with Crippen LogP contribution in [0.25, 0.3) is 10.9 Å². The molecule has 0 aliphatic carbocycles. The van der Waals surface area contributed by atoms with Crippen molar-refractivity contribution in [3.05, 3.63) is 68.7 Å². The normalized spacial score (nSPS) is 12.3. The Hall–Kier alpha value is -3.00. The molecular formula is C22H22BrN3O4. The number of fused-ring (bicyclic) bond motifs is 1. The van der Waals surface area contributed by atoms with Gasteiger partial charge in [-0.15, -0.1) is 0 Å². The summed E-state index contributed by atoms with van der Waals surface area (Å²) in [6.07, 6.45) is 1.39. The third kappa shape index (κ3) is 4.94. The van der Waals surface area contributed by atoms with E-state index in [0.29, 0.717) is 41.1 Å². The van der Waals surface area contributed by atoms with Gasteiger partial charge in [-0.1, -0.05) is 35.0 Å². The first-order valence-corrected chi connectivity index (χ1v) is 10.4. The van der Waals surface area contributed by atoms with Crippen molar-refractivity contribution in [3.63, 3.8) is 0 Å². The lowest BCUT2D eigenvalue weighted by Gasteiger charge is -2.13. The average Bonchev–Trinajstić information content (AvgIpc) is 2.73. The number of rotatable bonds is 7. The highest BCUT2D eigenvalue weighted by Gasteiger charge is 2.15.